The minimum atomic E-state index is -2.11. The molecule has 1 unspecified atom stereocenters. The molecule has 0 spiro atoms. The number of halogens is 3. The van der Waals surface area contributed by atoms with Crippen molar-refractivity contribution in [3.8, 4) is 0 Å². The third-order valence-electron chi connectivity index (χ3n) is 1.37. The van der Waals surface area contributed by atoms with Crippen LogP contribution in [0.1, 0.15) is 0 Å². The maximum Gasteiger partial charge on any atom is 0.366 e. The van der Waals surface area contributed by atoms with Gasteiger partial charge in [0.15, 0.2) is 0 Å². The largest absolute Gasteiger partial charge is 0.467 e. The van der Waals surface area contributed by atoms with Gasteiger partial charge >= 0.3 is 17.9 Å². The lowest BCUT2D eigenvalue weighted by Gasteiger charge is -1.97. The van der Waals surface area contributed by atoms with Crippen LogP contribution in [-0.4, -0.2) is 52.1 Å². The van der Waals surface area contributed by atoms with Gasteiger partial charge in [0.25, 0.3) is 0 Å². The maximum atomic E-state index is 11.7. The summed E-state index contributed by atoms with van der Waals surface area (Å²) in [6, 6.07) is 0. The van der Waals surface area contributed by atoms with E-state index >= 15 is 0 Å². The average molecular weight is 314 g/mol. The number of carbonyl (C=O) groups is 3. The van der Waals surface area contributed by atoms with E-state index in [1.165, 1.54) is 7.11 Å². The van der Waals surface area contributed by atoms with E-state index < -0.39 is 36.6 Å². The Morgan fingerprint density at radius 3 is 1.67 bits per heavy atom. The number of alkyl halides is 2. The van der Waals surface area contributed by atoms with Gasteiger partial charge in [-0.05, 0) is 0 Å². The molecule has 0 aromatic carbocycles. The van der Waals surface area contributed by atoms with Gasteiger partial charge in [0.2, 0.25) is 12.0 Å². The van der Waals surface area contributed by atoms with Crippen LogP contribution in [0.4, 0.5) is 13.2 Å². The zero-order valence-corrected chi connectivity index (χ0v) is 11.9. The van der Waals surface area contributed by atoms with Gasteiger partial charge in [0.1, 0.15) is 6.67 Å². The SMILES string of the molecule is C=C(F)C(=O)OC.C=CC(=O)OC.COC(=O)C(F)CF. The quantitative estimate of drug-likeness (QED) is 0.444. The van der Waals surface area contributed by atoms with E-state index in [2.05, 4.69) is 27.4 Å². The van der Waals surface area contributed by atoms with E-state index in [0.717, 1.165) is 20.3 Å². The summed E-state index contributed by atoms with van der Waals surface area (Å²) >= 11 is 0. The van der Waals surface area contributed by atoms with E-state index in [1.807, 2.05) is 0 Å². The molecule has 0 heterocycles. The number of carbonyl (C=O) groups excluding carboxylic acids is 3. The molecule has 0 fully saturated rings. The monoisotopic (exact) mass is 314 g/mol. The molecule has 0 saturated heterocycles. The molecule has 0 radical (unpaired) electrons. The van der Waals surface area contributed by atoms with Gasteiger partial charge in [-0.1, -0.05) is 13.2 Å². The molecule has 1 atom stereocenters. The predicted octanol–water partition coefficient (Wildman–Crippen LogP) is 1.45. The molecule has 0 rings (SSSR count). The van der Waals surface area contributed by atoms with Crippen LogP contribution in [0.2, 0.25) is 0 Å². The molecule has 0 bridgehead atoms. The summed E-state index contributed by atoms with van der Waals surface area (Å²) in [4.78, 5) is 29.6. The number of ether oxygens (including phenoxy) is 3. The van der Waals surface area contributed by atoms with E-state index in [-0.39, 0.29) is 0 Å². The van der Waals surface area contributed by atoms with Gasteiger partial charge in [0, 0.05) is 6.08 Å². The van der Waals surface area contributed by atoms with Crippen molar-refractivity contribution in [3.05, 3.63) is 25.1 Å². The molecular formula is C12H17F3O6. The number of rotatable bonds is 4. The van der Waals surface area contributed by atoms with Gasteiger partial charge in [-0.25, -0.2) is 23.2 Å². The van der Waals surface area contributed by atoms with Crippen molar-refractivity contribution in [2.75, 3.05) is 28.0 Å². The molecule has 0 amide bonds. The van der Waals surface area contributed by atoms with Gasteiger partial charge < -0.3 is 14.2 Å². The molecule has 0 aliphatic heterocycles. The molecule has 6 nitrogen and oxygen atoms in total. The Morgan fingerprint density at radius 2 is 1.62 bits per heavy atom. The van der Waals surface area contributed by atoms with Gasteiger partial charge in [-0.3, -0.25) is 0 Å². The first kappa shape index (κ1) is 23.7. The van der Waals surface area contributed by atoms with Crippen LogP contribution in [0, 0.1) is 0 Å². The molecule has 0 aliphatic rings. The molecule has 0 aromatic rings. The molecule has 122 valence electrons. The standard InChI is InChI=1S/C4H6F2O2.C4H5FO2.C4H6O2/c1-8-4(7)3(6)2-5;1-3(5)4(6)7-2;1-3-4(5)6-2/h3H,2H2,1H3;1H2,2H3;3H,1H2,2H3. The second-order valence-corrected chi connectivity index (χ2v) is 2.77. The summed E-state index contributed by atoms with van der Waals surface area (Å²) in [5.41, 5.74) is 0. The molecule has 0 N–H and O–H groups in total. The van der Waals surface area contributed by atoms with E-state index in [1.54, 1.807) is 0 Å². The number of hydrogen-bond acceptors (Lipinski definition) is 6. The highest BCUT2D eigenvalue weighted by molar-refractivity contribution is 5.84. The average Bonchev–Trinajstić information content (AvgIpc) is 2.52. The molecule has 21 heavy (non-hydrogen) atoms. The summed E-state index contributed by atoms with van der Waals surface area (Å²) < 4.78 is 46.1. The first-order chi connectivity index (χ1) is 9.71. The van der Waals surface area contributed by atoms with Crippen molar-refractivity contribution in [2.45, 2.75) is 6.17 Å². The van der Waals surface area contributed by atoms with Gasteiger partial charge in [-0.2, -0.15) is 4.39 Å². The van der Waals surface area contributed by atoms with Crippen molar-refractivity contribution >= 4 is 17.9 Å². The van der Waals surface area contributed by atoms with Crippen molar-refractivity contribution in [1.29, 1.82) is 0 Å². The van der Waals surface area contributed by atoms with Crippen LogP contribution in [0.3, 0.4) is 0 Å². The first-order valence-corrected chi connectivity index (χ1v) is 5.12. The highest BCUT2D eigenvalue weighted by Gasteiger charge is 2.15. The number of methoxy groups -OCH3 is 3. The molecule has 0 aliphatic carbocycles. The normalized spacial score (nSPS) is 9.43. The first-order valence-electron chi connectivity index (χ1n) is 5.12. The Balaban J connectivity index is -0.000000234. The lowest BCUT2D eigenvalue weighted by Crippen LogP contribution is -2.18. The number of esters is 3. The molecular weight excluding hydrogens is 297 g/mol. The molecule has 9 heteroatoms. The van der Waals surface area contributed by atoms with Crippen LogP contribution >= 0.6 is 0 Å². The van der Waals surface area contributed by atoms with E-state index in [0.29, 0.717) is 0 Å². The Kier molecular flexibility index (Phi) is 17.8. The van der Waals surface area contributed by atoms with Gasteiger partial charge in [0.05, 0.1) is 21.3 Å². The van der Waals surface area contributed by atoms with E-state index in [9.17, 15) is 27.6 Å². The smallest absolute Gasteiger partial charge is 0.366 e. The topological polar surface area (TPSA) is 78.9 Å². The van der Waals surface area contributed by atoms with E-state index in [4.69, 9.17) is 0 Å². The van der Waals surface area contributed by atoms with Gasteiger partial charge in [-0.15, -0.1) is 0 Å². The zero-order chi connectivity index (χ0) is 17.4. The van der Waals surface area contributed by atoms with Crippen LogP contribution in [0.15, 0.2) is 25.1 Å². The Hall–Kier alpha value is -2.32. The fourth-order valence-electron chi connectivity index (χ4n) is 0.385. The summed E-state index contributed by atoms with van der Waals surface area (Å²) in [6.07, 6.45) is -1.00. The summed E-state index contributed by atoms with van der Waals surface area (Å²) in [5.74, 6) is -3.63. The van der Waals surface area contributed by atoms with Crippen LogP contribution < -0.4 is 0 Å². The Morgan fingerprint density at radius 1 is 1.14 bits per heavy atom. The van der Waals surface area contributed by atoms with Crippen molar-refractivity contribution in [2.24, 2.45) is 0 Å². The van der Waals surface area contributed by atoms with Crippen molar-refractivity contribution < 1.29 is 41.8 Å². The lowest BCUT2D eigenvalue weighted by atomic mass is 10.4. The predicted molar refractivity (Wildman–Crippen MR) is 67.4 cm³/mol. The number of hydrogen-bond donors (Lipinski definition) is 0. The highest BCUT2D eigenvalue weighted by atomic mass is 19.2. The molecule has 0 saturated carbocycles. The zero-order valence-electron chi connectivity index (χ0n) is 11.9. The second-order valence-electron chi connectivity index (χ2n) is 2.77. The summed E-state index contributed by atoms with van der Waals surface area (Å²) in [7, 11) is 3.40. The third kappa shape index (κ3) is 17.7. The Labute approximate surface area is 120 Å². The third-order valence-corrected chi connectivity index (χ3v) is 1.37. The lowest BCUT2D eigenvalue weighted by molar-refractivity contribution is -0.147. The minimum Gasteiger partial charge on any atom is -0.467 e. The second kappa shape index (κ2) is 15.7. The van der Waals surface area contributed by atoms with Crippen LogP contribution in [0.5, 0.6) is 0 Å². The fraction of sp³-hybridized carbons (Fsp3) is 0.417. The van der Waals surface area contributed by atoms with Crippen LogP contribution in [-0.2, 0) is 28.6 Å². The van der Waals surface area contributed by atoms with Crippen molar-refractivity contribution in [1.82, 2.24) is 0 Å². The summed E-state index contributed by atoms with van der Waals surface area (Å²) in [5, 5.41) is 0. The highest BCUT2D eigenvalue weighted by Crippen LogP contribution is 1.93. The molecule has 0 aromatic heterocycles. The van der Waals surface area contributed by atoms with Crippen LogP contribution in [0.25, 0.3) is 0 Å². The minimum absolute atomic E-state index is 0.394. The Bertz CT molecular complexity index is 357. The van der Waals surface area contributed by atoms with Crippen molar-refractivity contribution in [3.63, 3.8) is 0 Å². The summed E-state index contributed by atoms with van der Waals surface area (Å²) in [6.45, 7) is 4.53. The fourth-order valence-corrected chi connectivity index (χ4v) is 0.385. The maximum absolute atomic E-state index is 11.7.